The van der Waals surface area contributed by atoms with Gasteiger partial charge in [-0.05, 0) is 58.7 Å². The van der Waals surface area contributed by atoms with Gasteiger partial charge in [0.2, 0.25) is 11.8 Å². The highest BCUT2D eigenvalue weighted by Crippen LogP contribution is 2.31. The lowest BCUT2D eigenvalue weighted by Gasteiger charge is -2.14. The fourth-order valence-electron chi connectivity index (χ4n) is 5.79. The summed E-state index contributed by atoms with van der Waals surface area (Å²) in [5, 5.41) is 8.24. The van der Waals surface area contributed by atoms with Crippen LogP contribution in [0, 0.1) is 0 Å². The highest BCUT2D eigenvalue weighted by molar-refractivity contribution is 7.44. The number of pyridine rings is 4. The summed E-state index contributed by atoms with van der Waals surface area (Å²) >= 11 is 0. The van der Waals surface area contributed by atoms with Gasteiger partial charge in [0.05, 0.1) is 23.1 Å². The van der Waals surface area contributed by atoms with E-state index in [1.54, 1.807) is 42.9 Å². The SMILES string of the molecule is Nc1c(-c2cc(Cc3ccc(COc4ccccn4)cc3)no2)ccc[n+]1COP(=O)([O-])O.Nc1ncccc1-c1cc(Cc2ccc(COc3ccccn3)cc2)no1. The highest BCUT2D eigenvalue weighted by atomic mass is 31.2. The summed E-state index contributed by atoms with van der Waals surface area (Å²) in [5.41, 5.74) is 19.1. The molecule has 0 saturated carbocycles. The molecule has 0 amide bonds. The normalized spacial score (nSPS) is 11.9. The number of hydrogen-bond donors (Lipinski definition) is 3. The summed E-state index contributed by atoms with van der Waals surface area (Å²) in [6.07, 6.45) is 7.78. The molecule has 1 unspecified atom stereocenters. The standard InChI is InChI=1S/C22H21N4O6P.C21H18N4O2/c23-22-19(4-3-11-26(22)15-31-33(27,28)29)20-13-18(25-32-20)12-16-6-8-17(9-7-16)14-30-21-5-1-2-10-24-21;22-21-18(4-3-11-24-21)19-13-17(25-27-19)12-15-6-8-16(9-7-15)14-26-20-5-1-2-10-23-20/h1-11,13,23H,12,14-15H2,(H2,27,28,29);1-11,13H,12,14H2,(H2,22,24). The van der Waals surface area contributed by atoms with Gasteiger partial charge in [-0.15, -0.1) is 0 Å². The maximum absolute atomic E-state index is 10.8. The zero-order valence-electron chi connectivity index (χ0n) is 32.0. The highest BCUT2D eigenvalue weighted by Gasteiger charge is 2.18. The topological polar surface area (TPSA) is 235 Å². The average Bonchev–Trinajstić information content (AvgIpc) is 3.93. The van der Waals surface area contributed by atoms with Crippen LogP contribution in [0.5, 0.6) is 11.8 Å². The Bertz CT molecular complexity index is 2640. The number of nitrogens with zero attached hydrogens (tertiary/aromatic N) is 6. The second kappa shape index (κ2) is 19.5. The van der Waals surface area contributed by atoms with Crippen LogP contribution in [0.25, 0.3) is 22.6 Å². The minimum absolute atomic E-state index is 0.200. The smallest absolute Gasteiger partial charge is 0.285 e. The zero-order chi connectivity index (χ0) is 41.7. The monoisotopic (exact) mass is 826 g/mol. The van der Waals surface area contributed by atoms with Gasteiger partial charge in [0.1, 0.15) is 24.6 Å². The fourth-order valence-corrected chi connectivity index (χ4v) is 6.06. The van der Waals surface area contributed by atoms with E-state index in [9.17, 15) is 9.46 Å². The minimum Gasteiger partial charge on any atom is -0.756 e. The van der Waals surface area contributed by atoms with Gasteiger partial charge in [-0.25, -0.2) is 19.5 Å². The summed E-state index contributed by atoms with van der Waals surface area (Å²) < 4.78 is 38.7. The molecule has 1 atom stereocenters. The molecular formula is C43H39N8O8P. The van der Waals surface area contributed by atoms with Gasteiger partial charge < -0.3 is 34.0 Å². The first kappa shape index (κ1) is 40.9. The molecule has 2 aromatic carbocycles. The molecule has 0 fully saturated rings. The summed E-state index contributed by atoms with van der Waals surface area (Å²) in [6.45, 7) is 0.431. The average molecular weight is 827 g/mol. The van der Waals surface area contributed by atoms with E-state index in [0.29, 0.717) is 66.4 Å². The second-order valence-corrected chi connectivity index (χ2v) is 14.4. The van der Waals surface area contributed by atoms with Gasteiger partial charge >= 0.3 is 0 Å². The predicted molar refractivity (Wildman–Crippen MR) is 217 cm³/mol. The minimum atomic E-state index is -4.87. The Labute approximate surface area is 344 Å². The number of anilines is 2. The van der Waals surface area contributed by atoms with E-state index >= 15 is 0 Å². The number of hydrogen-bond acceptors (Lipinski definition) is 14. The molecule has 8 rings (SSSR count). The third-order valence-electron chi connectivity index (χ3n) is 8.83. The van der Waals surface area contributed by atoms with Crippen molar-refractivity contribution in [1.82, 2.24) is 25.3 Å². The van der Waals surface area contributed by atoms with Crippen LogP contribution in [0.3, 0.4) is 0 Å². The number of phosphoric acid groups is 1. The van der Waals surface area contributed by atoms with Crippen molar-refractivity contribution in [2.24, 2.45) is 0 Å². The van der Waals surface area contributed by atoms with E-state index in [-0.39, 0.29) is 5.82 Å². The number of aromatic nitrogens is 6. The summed E-state index contributed by atoms with van der Waals surface area (Å²) in [5.74, 6) is 2.86. The third-order valence-corrected chi connectivity index (χ3v) is 9.27. The van der Waals surface area contributed by atoms with E-state index in [4.69, 9.17) is 34.9 Å². The quantitative estimate of drug-likeness (QED) is 0.0783. The molecule has 6 aromatic heterocycles. The number of phosphoric ester groups is 1. The van der Waals surface area contributed by atoms with Crippen LogP contribution in [-0.2, 0) is 41.9 Å². The Morgan fingerprint density at radius 2 is 1.13 bits per heavy atom. The maximum Gasteiger partial charge on any atom is 0.285 e. The first-order chi connectivity index (χ1) is 29.1. The van der Waals surface area contributed by atoms with Crippen LogP contribution < -0.4 is 30.4 Å². The van der Waals surface area contributed by atoms with Gasteiger partial charge in [-0.1, -0.05) is 71.0 Å². The molecule has 0 saturated heterocycles. The zero-order valence-corrected chi connectivity index (χ0v) is 32.9. The number of nitrogen functional groups attached to an aromatic ring is 2. The van der Waals surface area contributed by atoms with Crippen LogP contribution in [0.4, 0.5) is 11.6 Å². The summed E-state index contributed by atoms with van der Waals surface area (Å²) in [6, 6.07) is 37.9. The molecule has 0 bridgehead atoms. The fraction of sp³-hybridized carbons (Fsp3) is 0.116. The number of rotatable bonds is 15. The molecule has 0 radical (unpaired) electrons. The molecule has 0 aliphatic carbocycles. The van der Waals surface area contributed by atoms with Crippen LogP contribution in [-0.4, -0.2) is 30.2 Å². The summed E-state index contributed by atoms with van der Waals surface area (Å²) in [4.78, 5) is 32.0. The molecular weight excluding hydrogens is 787 g/mol. The predicted octanol–water partition coefficient (Wildman–Crippen LogP) is 6.09. The third kappa shape index (κ3) is 11.7. The van der Waals surface area contributed by atoms with E-state index < -0.39 is 14.6 Å². The van der Waals surface area contributed by atoms with E-state index in [1.165, 1.54) is 10.8 Å². The molecule has 0 aliphatic heterocycles. The first-order valence-corrected chi connectivity index (χ1v) is 20.0. The van der Waals surface area contributed by atoms with Crippen LogP contribution >= 0.6 is 7.82 Å². The van der Waals surface area contributed by atoms with E-state index in [0.717, 1.165) is 33.5 Å². The molecule has 16 nitrogen and oxygen atoms in total. The Balaban J connectivity index is 0.000000185. The Morgan fingerprint density at radius 3 is 1.63 bits per heavy atom. The molecule has 17 heteroatoms. The lowest BCUT2D eigenvalue weighted by Crippen LogP contribution is -2.38. The summed E-state index contributed by atoms with van der Waals surface area (Å²) in [7, 11) is -4.87. The van der Waals surface area contributed by atoms with E-state index in [2.05, 4.69) is 41.9 Å². The van der Waals surface area contributed by atoms with Gasteiger partial charge in [0, 0.05) is 55.7 Å². The molecule has 304 valence electrons. The van der Waals surface area contributed by atoms with Gasteiger partial charge in [-0.2, -0.15) is 0 Å². The lowest BCUT2D eigenvalue weighted by atomic mass is 10.1. The van der Waals surface area contributed by atoms with Crippen molar-refractivity contribution in [3.63, 3.8) is 0 Å². The van der Waals surface area contributed by atoms with Crippen LogP contribution in [0.15, 0.2) is 155 Å². The largest absolute Gasteiger partial charge is 0.756 e. The molecule has 8 aromatic rings. The van der Waals surface area contributed by atoms with Gasteiger partial charge in [0.15, 0.2) is 18.3 Å². The molecule has 0 aliphatic rings. The number of ether oxygens (including phenoxy) is 2. The van der Waals surface area contributed by atoms with Gasteiger partial charge in [0.25, 0.3) is 13.6 Å². The van der Waals surface area contributed by atoms with Crippen molar-refractivity contribution in [1.29, 1.82) is 0 Å². The maximum atomic E-state index is 10.8. The van der Waals surface area contributed by atoms with Crippen molar-refractivity contribution in [3.8, 4) is 34.4 Å². The second-order valence-electron chi connectivity index (χ2n) is 13.2. The Kier molecular flexibility index (Phi) is 13.3. The van der Waals surface area contributed by atoms with Crippen molar-refractivity contribution in [2.45, 2.75) is 32.8 Å². The van der Waals surface area contributed by atoms with Crippen molar-refractivity contribution < 1.29 is 42.0 Å². The van der Waals surface area contributed by atoms with Crippen molar-refractivity contribution in [2.75, 3.05) is 11.5 Å². The van der Waals surface area contributed by atoms with E-state index in [1.807, 2.05) is 84.9 Å². The van der Waals surface area contributed by atoms with Crippen molar-refractivity contribution >= 4 is 19.5 Å². The first-order valence-electron chi connectivity index (χ1n) is 18.5. The van der Waals surface area contributed by atoms with Crippen LogP contribution in [0.2, 0.25) is 0 Å². The molecule has 0 spiro atoms. The molecule has 6 heterocycles. The Morgan fingerprint density at radius 1 is 0.633 bits per heavy atom. The lowest BCUT2D eigenvalue weighted by molar-refractivity contribution is -0.713. The number of benzene rings is 2. The molecule has 60 heavy (non-hydrogen) atoms. The van der Waals surface area contributed by atoms with Gasteiger partial charge in [-0.3, -0.25) is 14.8 Å². The van der Waals surface area contributed by atoms with Crippen molar-refractivity contribution in [3.05, 3.63) is 180 Å². The number of nitrogens with two attached hydrogens (primary N) is 2. The molecule has 5 N–H and O–H groups in total. The Hall–Kier alpha value is -7.23. The van der Waals surface area contributed by atoms with Crippen LogP contribution in [0.1, 0.15) is 33.6 Å².